The number of nitrogens with zero attached hydrogens (tertiary/aromatic N) is 8. The molecule has 1 aliphatic heterocycles. The van der Waals surface area contributed by atoms with Crippen molar-refractivity contribution in [3.8, 4) is 29.0 Å². The van der Waals surface area contributed by atoms with Gasteiger partial charge in [-0.2, -0.15) is 5.26 Å². The summed E-state index contributed by atoms with van der Waals surface area (Å²) in [5.41, 5.74) is 2.02. The fourth-order valence-electron chi connectivity index (χ4n) is 7.92. The second kappa shape index (κ2) is 17.1. The summed E-state index contributed by atoms with van der Waals surface area (Å²) in [6.45, 7) is 2.90. The summed E-state index contributed by atoms with van der Waals surface area (Å²) in [6, 6.07) is 11.6. The number of alkyl halides is 3. The van der Waals surface area contributed by atoms with Crippen LogP contribution in [0.1, 0.15) is 53.0 Å². The summed E-state index contributed by atoms with van der Waals surface area (Å²) < 4.78 is 71.8. The first-order valence-electron chi connectivity index (χ1n) is 19.3. The molecule has 6 heterocycles. The first kappa shape index (κ1) is 42.7. The molecule has 62 heavy (non-hydrogen) atoms. The van der Waals surface area contributed by atoms with Crippen molar-refractivity contribution in [2.75, 3.05) is 25.0 Å². The van der Waals surface area contributed by atoms with E-state index in [4.69, 9.17) is 11.6 Å². The number of sulfonamides is 1. The fourth-order valence-corrected chi connectivity index (χ4v) is 10.1. The van der Waals surface area contributed by atoms with Gasteiger partial charge >= 0.3 is 6.36 Å². The third kappa shape index (κ3) is 8.59. The Labute approximate surface area is 362 Å². The molecule has 0 spiro atoms. The molecule has 318 valence electrons. The molecular weight excluding hydrogens is 867 g/mol. The van der Waals surface area contributed by atoms with E-state index >= 15 is 0 Å². The van der Waals surface area contributed by atoms with Gasteiger partial charge in [0, 0.05) is 77.9 Å². The number of rotatable bonds is 9. The molecule has 1 saturated carbocycles. The van der Waals surface area contributed by atoms with Crippen molar-refractivity contribution in [1.29, 1.82) is 5.26 Å². The minimum absolute atomic E-state index is 0.0267. The average molecular weight is 902 g/mol. The number of ether oxygens (including phenoxy) is 1. The fraction of sp³-hybridized carbons (Fsp3) is 0.310. The van der Waals surface area contributed by atoms with Crippen LogP contribution in [0, 0.1) is 30.1 Å². The number of fused-ring (bicyclic) bond motifs is 2. The Kier molecular flexibility index (Phi) is 11.8. The van der Waals surface area contributed by atoms with Gasteiger partial charge < -0.3 is 9.80 Å². The number of likely N-dealkylation sites (tertiary alicyclic amines) is 1. The van der Waals surface area contributed by atoms with Crippen molar-refractivity contribution < 1.29 is 31.1 Å². The summed E-state index contributed by atoms with van der Waals surface area (Å²) in [6.07, 6.45) is 2.16. The number of thiophene rings is 1. The number of piperidine rings is 1. The number of nitriles is 1. The number of amides is 1. The van der Waals surface area contributed by atoms with Crippen LogP contribution in [0.5, 0.6) is 0 Å². The van der Waals surface area contributed by atoms with E-state index in [1.165, 1.54) is 58.2 Å². The number of hydrogen-bond acceptors (Lipinski definition) is 13. The van der Waals surface area contributed by atoms with Gasteiger partial charge in [0.2, 0.25) is 0 Å². The highest BCUT2D eigenvalue weighted by Crippen LogP contribution is 2.38. The van der Waals surface area contributed by atoms with Crippen LogP contribution in [-0.2, 0) is 21.3 Å². The lowest BCUT2D eigenvalue weighted by molar-refractivity contribution is -0.354. The monoisotopic (exact) mass is 901 g/mol. The molecule has 8 rings (SSSR count). The molecule has 0 atom stereocenters. The zero-order chi connectivity index (χ0) is 43.9. The van der Waals surface area contributed by atoms with E-state index in [2.05, 4.69) is 52.2 Å². The molecule has 20 heteroatoms. The Morgan fingerprint density at radius 1 is 1.10 bits per heavy atom. The lowest BCUT2D eigenvalue weighted by Gasteiger charge is -2.46. The molecule has 1 aliphatic carbocycles. The lowest BCUT2D eigenvalue weighted by atomic mass is 9.86. The van der Waals surface area contributed by atoms with Gasteiger partial charge in [-0.1, -0.05) is 23.4 Å². The van der Waals surface area contributed by atoms with Gasteiger partial charge in [0.05, 0.1) is 50.4 Å². The van der Waals surface area contributed by atoms with Gasteiger partial charge in [-0.3, -0.25) is 28.9 Å². The summed E-state index contributed by atoms with van der Waals surface area (Å²) in [7, 11) is -2.36. The minimum Gasteiger partial charge on any atom is -0.355 e. The Hall–Kier alpha value is -5.96. The Morgan fingerprint density at radius 3 is 2.55 bits per heavy atom. The van der Waals surface area contributed by atoms with Crippen LogP contribution in [0.4, 0.5) is 19.0 Å². The third-order valence-electron chi connectivity index (χ3n) is 11.2. The number of carbonyl (C=O) groups is 1. The number of halogens is 4. The Bertz CT molecular complexity index is 3010. The summed E-state index contributed by atoms with van der Waals surface area (Å²) in [5, 5.41) is 12.5. The first-order valence-corrected chi connectivity index (χ1v) is 22.0. The van der Waals surface area contributed by atoms with Crippen LogP contribution >= 0.6 is 22.9 Å². The van der Waals surface area contributed by atoms with E-state index in [9.17, 15) is 36.4 Å². The molecule has 14 nitrogen and oxygen atoms in total. The van der Waals surface area contributed by atoms with Crippen molar-refractivity contribution >= 4 is 65.8 Å². The van der Waals surface area contributed by atoms with Gasteiger partial charge in [0.25, 0.3) is 21.5 Å². The van der Waals surface area contributed by atoms with Crippen molar-refractivity contribution in [2.45, 2.75) is 68.6 Å². The van der Waals surface area contributed by atoms with Crippen molar-refractivity contribution in [2.24, 2.45) is 0 Å². The van der Waals surface area contributed by atoms with Gasteiger partial charge in [-0.25, -0.2) is 23.1 Å². The lowest BCUT2D eigenvalue weighted by Crippen LogP contribution is -2.54. The van der Waals surface area contributed by atoms with Gasteiger partial charge in [-0.15, -0.1) is 24.5 Å². The number of aryl methyl sites for hydroxylation is 1. The molecule has 2 aliphatic rings. The van der Waals surface area contributed by atoms with Crippen LogP contribution in [0.15, 0.2) is 76.3 Å². The predicted octanol–water partition coefficient (Wildman–Crippen LogP) is 6.44. The van der Waals surface area contributed by atoms with Crippen molar-refractivity contribution in [3.63, 3.8) is 0 Å². The largest absolute Gasteiger partial charge is 0.522 e. The number of benzene rings is 1. The Morgan fingerprint density at radius 2 is 1.84 bits per heavy atom. The predicted molar refractivity (Wildman–Crippen MR) is 226 cm³/mol. The number of nitrogens with one attached hydrogen (secondary N) is 1. The van der Waals surface area contributed by atoms with E-state index in [1.807, 2.05) is 11.9 Å². The number of aromatic nitrogens is 5. The van der Waals surface area contributed by atoms with E-state index in [0.717, 1.165) is 0 Å². The van der Waals surface area contributed by atoms with Gasteiger partial charge in [0.1, 0.15) is 23.3 Å². The zero-order valence-electron chi connectivity index (χ0n) is 33.0. The van der Waals surface area contributed by atoms with Gasteiger partial charge in [-0.05, 0) is 69.0 Å². The van der Waals surface area contributed by atoms with Crippen molar-refractivity contribution in [1.82, 2.24) is 34.1 Å². The second-order valence-corrected chi connectivity index (χ2v) is 17.9. The van der Waals surface area contributed by atoms with Crippen LogP contribution < -0.4 is 15.2 Å². The molecule has 1 saturated heterocycles. The highest BCUT2D eigenvalue weighted by Gasteiger charge is 2.43. The summed E-state index contributed by atoms with van der Waals surface area (Å²) >= 11 is 7.67. The smallest absolute Gasteiger partial charge is 0.355 e. The quantitative estimate of drug-likeness (QED) is 0.158. The highest BCUT2D eigenvalue weighted by atomic mass is 35.5. The second-order valence-electron chi connectivity index (χ2n) is 14.9. The topological polar surface area (TPSA) is 176 Å². The first-order chi connectivity index (χ1) is 29.6. The van der Waals surface area contributed by atoms with Crippen LogP contribution in [-0.4, -0.2) is 88.4 Å². The third-order valence-corrected chi connectivity index (χ3v) is 13.8. The molecule has 2 fully saturated rings. The molecule has 1 amide bonds. The number of hydrogen-bond donors (Lipinski definition) is 1. The maximum absolute atomic E-state index is 14.2. The molecule has 0 unspecified atom stereocenters. The minimum atomic E-state index is -4.64. The SMILES string of the molecule is Cc1nc2cnc(N(C)C3CCN(C4CC(OC(F)(F)F)C4)CC3)c(C#N)c2c(=O)n1CC#Cc1ccc(Cl)cc1-c1ccnc2c(C(=O)NS(=O)(=O)c3ccncc3)csc12. The normalized spacial score (nSPS) is 17.2. The number of carbonyl (C=O) groups excluding carboxylic acids is 1. The molecule has 0 radical (unpaired) electrons. The highest BCUT2D eigenvalue weighted by molar-refractivity contribution is 7.90. The van der Waals surface area contributed by atoms with Crippen LogP contribution in [0.2, 0.25) is 5.02 Å². The summed E-state index contributed by atoms with van der Waals surface area (Å²) in [5.74, 6) is 6.06. The maximum atomic E-state index is 14.2. The molecule has 1 aromatic carbocycles. The van der Waals surface area contributed by atoms with Crippen LogP contribution in [0.25, 0.3) is 32.2 Å². The molecular formula is C42H35ClF3N9O5S2. The van der Waals surface area contributed by atoms with E-state index in [0.29, 0.717) is 76.8 Å². The maximum Gasteiger partial charge on any atom is 0.522 e. The molecule has 0 bridgehead atoms. The molecule has 5 aromatic heterocycles. The van der Waals surface area contributed by atoms with E-state index in [-0.39, 0.29) is 51.1 Å². The van der Waals surface area contributed by atoms with Crippen molar-refractivity contribution in [3.05, 3.63) is 104 Å². The van der Waals surface area contributed by atoms with E-state index < -0.39 is 34.0 Å². The standard InChI is InChI=1S/C42H35ClF3N9O5S2/c1-24-51-35-22-50-39(53(2)27-10-16-54(17-11-27)28-19-29(20-28)60-42(44,45)46)33(21-47)36(35)41(57)55(24)15-3-4-25-5-6-26(43)18-32(25)31-9-14-49-37-34(23-61-38(31)37)40(56)52-62(58,59)30-7-12-48-13-8-30/h5-9,12-14,18,22-23,27-29H,10-11,15-17,19-20H2,1-2H3,(H,52,56). The number of pyridine rings is 3. The van der Waals surface area contributed by atoms with Gasteiger partial charge in [0.15, 0.2) is 0 Å². The van der Waals surface area contributed by atoms with Crippen LogP contribution in [0.3, 0.4) is 0 Å². The molecule has 6 aromatic rings. The number of anilines is 1. The summed E-state index contributed by atoms with van der Waals surface area (Å²) in [4.78, 5) is 48.8. The zero-order valence-corrected chi connectivity index (χ0v) is 35.4. The average Bonchev–Trinajstić information content (AvgIpc) is 3.68. The Balaban J connectivity index is 1.03. The molecule has 1 N–H and O–H groups in total. The van der Waals surface area contributed by atoms with E-state index in [1.54, 1.807) is 31.2 Å².